The van der Waals surface area contributed by atoms with E-state index in [-0.39, 0.29) is 23.7 Å². The normalized spacial score (nSPS) is 12.1. The van der Waals surface area contributed by atoms with Crippen LogP contribution in [-0.2, 0) is 20.8 Å². The van der Waals surface area contributed by atoms with Crippen LogP contribution in [0, 0.1) is 0 Å². The fourth-order valence-electron chi connectivity index (χ4n) is 2.05. The Kier molecular flexibility index (Phi) is 10.2. The molecule has 0 aliphatic rings. The van der Waals surface area contributed by atoms with E-state index in [9.17, 15) is 19.5 Å². The third-order valence-corrected chi connectivity index (χ3v) is 3.46. The molecule has 1 aromatic heterocycles. The van der Waals surface area contributed by atoms with Crippen LogP contribution in [0.4, 0.5) is 0 Å². The number of aliphatic hydroxyl groups excluding tert-OH is 2. The number of carboxylic acid groups (broad SMARTS) is 2. The Morgan fingerprint density at radius 1 is 1.11 bits per heavy atom. The van der Waals surface area contributed by atoms with E-state index in [0.29, 0.717) is 13.0 Å². The maximum Gasteiger partial charge on any atom is 0.335 e. The van der Waals surface area contributed by atoms with E-state index in [1.807, 2.05) is 12.3 Å². The lowest BCUT2D eigenvalue weighted by atomic mass is 10.1. The summed E-state index contributed by atoms with van der Waals surface area (Å²) in [5.74, 6) is -3.46. The number of aliphatic carboxylic acids is 2. The second-order valence-electron chi connectivity index (χ2n) is 5.41. The summed E-state index contributed by atoms with van der Waals surface area (Å²) >= 11 is 0. The van der Waals surface area contributed by atoms with Crippen LogP contribution in [-0.4, -0.2) is 79.1 Å². The number of fused-ring (bicyclic) bond motifs is 1. The number of H-pyrrole nitrogens is 1. The zero-order chi connectivity index (χ0) is 20.6. The van der Waals surface area contributed by atoms with Gasteiger partial charge in [0, 0.05) is 23.6 Å². The molecule has 2 aromatic rings. The minimum atomic E-state index is -2.27. The first-order valence-corrected chi connectivity index (χ1v) is 7.74. The summed E-state index contributed by atoms with van der Waals surface area (Å²) < 4.78 is 0. The van der Waals surface area contributed by atoms with Crippen LogP contribution in [0.25, 0.3) is 10.9 Å². The highest BCUT2D eigenvalue weighted by Gasteiger charge is 2.29. The standard InChI is InChI=1S/C12H15N3O2.C4H6O6.H2O/c13-6-12(17)14-4-3-8-7-15-11-2-1-9(16)5-10(8)11;5-1(3(7)8)2(6)4(9)10;/h1-2,5,7,15-16H,3-4,6,13H2,(H,14,17);1-2,5-6H,(H,7,8)(H,9,10);1H2. The fourth-order valence-corrected chi connectivity index (χ4v) is 2.05. The molecule has 0 saturated carbocycles. The Balaban J connectivity index is 0.000000577. The Bertz CT molecular complexity index is 788. The van der Waals surface area contributed by atoms with Crippen molar-refractivity contribution in [3.05, 3.63) is 30.0 Å². The number of amides is 1. The molecule has 2 atom stereocenters. The Labute approximate surface area is 158 Å². The van der Waals surface area contributed by atoms with Gasteiger partial charge in [-0.05, 0) is 30.2 Å². The molecule has 11 N–H and O–H groups in total. The van der Waals surface area contributed by atoms with Crippen molar-refractivity contribution in [1.29, 1.82) is 0 Å². The fraction of sp³-hybridized carbons (Fsp3) is 0.312. The number of rotatable bonds is 7. The molecule has 12 heteroatoms. The van der Waals surface area contributed by atoms with Crippen LogP contribution >= 0.6 is 0 Å². The molecule has 0 bridgehead atoms. The average molecular weight is 401 g/mol. The minimum Gasteiger partial charge on any atom is -0.508 e. The molecule has 0 saturated heterocycles. The van der Waals surface area contributed by atoms with Crippen LogP contribution in [0.15, 0.2) is 24.4 Å². The van der Waals surface area contributed by atoms with E-state index in [2.05, 4.69) is 10.3 Å². The number of aromatic hydroxyl groups is 1. The van der Waals surface area contributed by atoms with Crippen LogP contribution in [0.2, 0.25) is 0 Å². The number of carbonyl (C=O) groups excluding carboxylic acids is 1. The van der Waals surface area contributed by atoms with Gasteiger partial charge in [-0.25, -0.2) is 9.59 Å². The van der Waals surface area contributed by atoms with Crippen molar-refractivity contribution >= 4 is 28.7 Å². The lowest BCUT2D eigenvalue weighted by molar-refractivity contribution is -0.165. The van der Waals surface area contributed by atoms with Crippen molar-refractivity contribution in [2.45, 2.75) is 18.6 Å². The molecule has 28 heavy (non-hydrogen) atoms. The number of nitrogens with two attached hydrogens (primary N) is 1. The maximum atomic E-state index is 11.0. The van der Waals surface area contributed by atoms with Crippen molar-refractivity contribution in [3.63, 3.8) is 0 Å². The third kappa shape index (κ3) is 7.20. The zero-order valence-corrected chi connectivity index (χ0v) is 14.6. The molecule has 12 nitrogen and oxygen atoms in total. The van der Waals surface area contributed by atoms with Crippen molar-refractivity contribution in [2.75, 3.05) is 13.1 Å². The quantitative estimate of drug-likeness (QED) is 0.245. The van der Waals surface area contributed by atoms with Gasteiger partial charge in [-0.15, -0.1) is 0 Å². The number of phenolic OH excluding ortho intramolecular Hbond substituents is 1. The van der Waals surface area contributed by atoms with Crippen molar-refractivity contribution < 1.29 is 45.4 Å². The smallest absolute Gasteiger partial charge is 0.335 e. The number of carboxylic acids is 2. The Morgan fingerprint density at radius 3 is 2.18 bits per heavy atom. The Hall–Kier alpha value is -3.19. The van der Waals surface area contributed by atoms with Crippen molar-refractivity contribution in [2.24, 2.45) is 5.73 Å². The molecule has 0 radical (unpaired) electrons. The number of aromatic amines is 1. The van der Waals surface area contributed by atoms with Gasteiger partial charge in [0.15, 0.2) is 12.2 Å². The number of aliphatic hydroxyl groups is 2. The molecule has 0 aliphatic heterocycles. The summed E-state index contributed by atoms with van der Waals surface area (Å²) in [6, 6.07) is 5.18. The average Bonchev–Trinajstić information content (AvgIpc) is 3.02. The first kappa shape index (κ1) is 24.8. The number of nitrogens with one attached hydrogen (secondary N) is 2. The summed E-state index contributed by atoms with van der Waals surface area (Å²) in [7, 11) is 0. The first-order valence-electron chi connectivity index (χ1n) is 7.74. The molecule has 1 amide bonds. The molecular formula is C16H23N3O9. The third-order valence-electron chi connectivity index (χ3n) is 3.46. The van der Waals surface area contributed by atoms with E-state index in [0.717, 1.165) is 16.5 Å². The second kappa shape index (κ2) is 11.5. The van der Waals surface area contributed by atoms with Gasteiger partial charge in [0.2, 0.25) is 5.91 Å². The highest BCUT2D eigenvalue weighted by atomic mass is 16.4. The van der Waals surface area contributed by atoms with Crippen LogP contribution in [0.5, 0.6) is 5.75 Å². The minimum absolute atomic E-state index is 0. The van der Waals surface area contributed by atoms with E-state index in [4.69, 9.17) is 26.2 Å². The van der Waals surface area contributed by atoms with E-state index < -0.39 is 24.1 Å². The molecule has 156 valence electrons. The highest BCUT2D eigenvalue weighted by molar-refractivity contribution is 5.85. The number of aromatic nitrogens is 1. The summed E-state index contributed by atoms with van der Waals surface area (Å²) in [5, 5.41) is 45.6. The Morgan fingerprint density at radius 2 is 1.68 bits per heavy atom. The van der Waals surface area contributed by atoms with Gasteiger partial charge in [-0.1, -0.05) is 0 Å². The maximum absolute atomic E-state index is 11.0. The predicted octanol–water partition coefficient (Wildman–Crippen LogP) is -2.46. The molecular weight excluding hydrogens is 378 g/mol. The lowest BCUT2D eigenvalue weighted by Crippen LogP contribution is -2.39. The zero-order valence-electron chi connectivity index (χ0n) is 14.6. The number of carbonyl (C=O) groups is 3. The number of hydrogen-bond acceptors (Lipinski definition) is 7. The topological polar surface area (TPSA) is 238 Å². The monoisotopic (exact) mass is 401 g/mol. The molecule has 0 spiro atoms. The van der Waals surface area contributed by atoms with Gasteiger partial charge >= 0.3 is 11.9 Å². The van der Waals surface area contributed by atoms with Gasteiger partial charge in [0.25, 0.3) is 0 Å². The van der Waals surface area contributed by atoms with Crippen LogP contribution in [0.3, 0.4) is 0 Å². The summed E-state index contributed by atoms with van der Waals surface area (Å²) in [6.45, 7) is 0.549. The van der Waals surface area contributed by atoms with Crippen LogP contribution < -0.4 is 11.1 Å². The molecule has 2 rings (SSSR count). The van der Waals surface area contributed by atoms with Gasteiger partial charge in [-0.2, -0.15) is 0 Å². The van der Waals surface area contributed by atoms with Gasteiger partial charge in [0.05, 0.1) is 6.54 Å². The first-order chi connectivity index (χ1) is 12.7. The highest BCUT2D eigenvalue weighted by Crippen LogP contribution is 2.22. The molecule has 2 unspecified atom stereocenters. The SMILES string of the molecule is NCC(=O)NCCc1c[nH]c2ccc(O)cc12.O.O=C(O)C(O)C(O)C(=O)O. The lowest BCUT2D eigenvalue weighted by Gasteiger charge is -2.07. The van der Waals surface area contributed by atoms with Crippen molar-refractivity contribution in [1.82, 2.24) is 10.3 Å². The molecule has 1 heterocycles. The molecule has 1 aromatic carbocycles. The summed E-state index contributed by atoms with van der Waals surface area (Å²) in [6.07, 6.45) is -1.94. The number of hydrogen-bond donors (Lipinski definition) is 8. The summed E-state index contributed by atoms with van der Waals surface area (Å²) in [4.78, 5) is 33.6. The van der Waals surface area contributed by atoms with Crippen molar-refractivity contribution in [3.8, 4) is 5.75 Å². The van der Waals surface area contributed by atoms with Gasteiger partial charge < -0.3 is 47.0 Å². The number of phenols is 1. The summed E-state index contributed by atoms with van der Waals surface area (Å²) in [5.41, 5.74) is 7.23. The van der Waals surface area contributed by atoms with E-state index in [1.165, 1.54) is 0 Å². The molecule has 0 fully saturated rings. The van der Waals surface area contributed by atoms with E-state index in [1.54, 1.807) is 12.1 Å². The van der Waals surface area contributed by atoms with Crippen LogP contribution in [0.1, 0.15) is 5.56 Å². The molecule has 0 aliphatic carbocycles. The van der Waals surface area contributed by atoms with Gasteiger partial charge in [0.1, 0.15) is 5.75 Å². The van der Waals surface area contributed by atoms with E-state index >= 15 is 0 Å². The largest absolute Gasteiger partial charge is 0.508 e. The van der Waals surface area contributed by atoms with Gasteiger partial charge in [-0.3, -0.25) is 4.79 Å². The second-order valence-corrected chi connectivity index (χ2v) is 5.41. The number of benzene rings is 1. The predicted molar refractivity (Wildman–Crippen MR) is 96.6 cm³/mol.